The number of ketones is 2. The summed E-state index contributed by atoms with van der Waals surface area (Å²) in [4.78, 5) is 86.7. The maximum absolute atomic E-state index is 13.8. The number of carbonyl (C=O) groups is 4. The van der Waals surface area contributed by atoms with Gasteiger partial charge in [-0.1, -0.05) is 59.9 Å². The highest BCUT2D eigenvalue weighted by Gasteiger charge is 2.27. The van der Waals surface area contributed by atoms with Crippen molar-refractivity contribution in [2.45, 2.75) is 76.3 Å². The molecule has 5 heterocycles. The fraction of sp³-hybridized carbons (Fsp3) is 0.369. The number of carbonyl (C=O) groups excluding carboxylic acids is 4. The van der Waals surface area contributed by atoms with Gasteiger partial charge in [0.05, 0.1) is 94.1 Å². The third kappa shape index (κ3) is 19.8. The van der Waals surface area contributed by atoms with E-state index in [2.05, 4.69) is 48.2 Å². The molecule has 536 valence electrons. The molecule has 4 aromatic carbocycles. The van der Waals surface area contributed by atoms with E-state index in [0.29, 0.717) is 145 Å². The van der Waals surface area contributed by atoms with Gasteiger partial charge in [0.1, 0.15) is 34.5 Å². The number of methoxy groups -OCH3 is 2. The first-order valence-corrected chi connectivity index (χ1v) is 37.5. The Hall–Kier alpha value is -9.40. The van der Waals surface area contributed by atoms with Crippen molar-refractivity contribution in [2.75, 3.05) is 140 Å². The van der Waals surface area contributed by atoms with Crippen LogP contribution in [0.15, 0.2) is 119 Å². The zero-order valence-corrected chi connectivity index (χ0v) is 60.9. The van der Waals surface area contributed by atoms with Gasteiger partial charge in [-0.3, -0.25) is 28.3 Å². The van der Waals surface area contributed by atoms with E-state index < -0.39 is 53.4 Å². The first kappa shape index (κ1) is 75.8. The van der Waals surface area contributed by atoms with E-state index >= 15 is 0 Å². The van der Waals surface area contributed by atoms with Gasteiger partial charge in [-0.05, 0) is 109 Å². The van der Waals surface area contributed by atoms with E-state index in [-0.39, 0.29) is 56.1 Å². The first-order chi connectivity index (χ1) is 48.4. The molecule has 6 N–H and O–H groups in total. The normalized spacial score (nSPS) is 13.9. The Morgan fingerprint density at radius 1 is 0.594 bits per heavy atom. The van der Waals surface area contributed by atoms with Crippen LogP contribution in [-0.4, -0.2) is 173 Å². The molecule has 0 bridgehead atoms. The third-order valence-corrected chi connectivity index (χ3v) is 20.0. The second-order valence-corrected chi connectivity index (χ2v) is 28.2. The Morgan fingerprint density at radius 3 is 1.36 bits per heavy atom. The zero-order chi connectivity index (χ0) is 72.5. The Bertz CT molecular complexity index is 4270. The number of azo groups is 2. The van der Waals surface area contributed by atoms with Crippen LogP contribution < -0.4 is 50.3 Å². The molecule has 9 rings (SSSR count). The quantitative estimate of drug-likeness (QED) is 0.00434. The van der Waals surface area contributed by atoms with Gasteiger partial charge in [0.2, 0.25) is 22.2 Å². The summed E-state index contributed by atoms with van der Waals surface area (Å²) in [6.07, 6.45) is 4.55. The topological polar surface area (TPSA) is 389 Å². The lowest BCUT2D eigenvalue weighted by Crippen LogP contribution is -2.36. The molecule has 101 heavy (non-hydrogen) atoms. The molecule has 2 saturated heterocycles. The standard InChI is InChI=1S/C65H77N17O14S5/c1-10-15-30-97-63-73-61(68-47-35-51(79(11-2)12-3)53(93-8)37-49(47)75-77-64-70-57(81-22-26-95-27-23-81)55(98-64)33-45(39(6)83)59(85)66-41-18-16-20-43(31-41)100(87,88)89)72-62(74-63)69-48-36-52(80(13-4)14-5)54(94-9)38-50(48)76-78-65-71-58(82-24-28-96-29-25-82)56(99-65)34-46(40(7)84)60(86)67-42-19-17-21-44(32-42)101(90,91)92/h16-21,31-38H,10-15,22-30H2,1-9H3,(H,66,85)(H,67,86)(H,87,88,89)(H,90,91,92)(H2,68,69,72,73,74)/b45-33-,46-34+,77-75?,78-76?. The van der Waals surface area contributed by atoms with Crippen molar-refractivity contribution in [3.8, 4) is 11.5 Å². The summed E-state index contributed by atoms with van der Waals surface area (Å²) in [5, 5.41) is 31.5. The molecule has 0 atom stereocenters. The summed E-state index contributed by atoms with van der Waals surface area (Å²) in [5.74, 6) is -0.246. The molecule has 7 aromatic rings. The molecular weight excluding hydrogens is 1400 g/mol. The second kappa shape index (κ2) is 34.8. The van der Waals surface area contributed by atoms with Crippen LogP contribution in [0.5, 0.6) is 11.5 Å². The highest BCUT2D eigenvalue weighted by molar-refractivity contribution is 7.99. The summed E-state index contributed by atoms with van der Waals surface area (Å²) in [5.41, 5.74) is 2.25. The molecule has 0 saturated carbocycles. The lowest BCUT2D eigenvalue weighted by Gasteiger charge is -2.27. The number of nitrogens with one attached hydrogen (secondary N) is 4. The maximum atomic E-state index is 13.8. The Balaban J connectivity index is 1.11. The monoisotopic (exact) mass is 1480 g/mol. The van der Waals surface area contributed by atoms with Gasteiger partial charge in [-0.2, -0.15) is 41.8 Å². The molecule has 0 aliphatic carbocycles. The minimum atomic E-state index is -4.61. The number of hydrogen-bond acceptors (Lipinski definition) is 30. The number of thiazole rings is 2. The van der Waals surface area contributed by atoms with Crippen molar-refractivity contribution in [2.24, 2.45) is 20.5 Å². The van der Waals surface area contributed by atoms with Crippen molar-refractivity contribution in [1.29, 1.82) is 0 Å². The summed E-state index contributed by atoms with van der Waals surface area (Å²) >= 11 is 3.55. The number of hydrogen-bond donors (Lipinski definition) is 6. The molecule has 2 fully saturated rings. The number of morpholine rings is 2. The number of nitrogens with zero attached hydrogens (tertiary/aromatic N) is 13. The van der Waals surface area contributed by atoms with Gasteiger partial charge in [0.15, 0.2) is 16.7 Å². The molecule has 2 aliphatic rings. The van der Waals surface area contributed by atoms with Crippen LogP contribution in [0.25, 0.3) is 12.2 Å². The molecule has 2 amide bonds. The van der Waals surface area contributed by atoms with E-state index in [4.69, 9.17) is 54.1 Å². The predicted octanol–water partition coefficient (Wildman–Crippen LogP) is 12.1. The SMILES string of the molecule is CCCCSc1nc(Nc2cc(N(CC)CC)c(OC)cc2N=Nc2nc(N3CCOCC3)c(/C=C(/C(C)=O)C(=O)Nc3cccc(S(=O)(=O)O)c3)s2)nc(Nc2cc(N(CC)CC)c(OC)cc2N=Nc2nc(N3CCOCC3)c(/C=C(\C(C)=O)C(=O)Nc3cccc(S(=O)(=O)O)c3)s2)n1. The summed E-state index contributed by atoms with van der Waals surface area (Å²) < 4.78 is 90.3. The van der Waals surface area contributed by atoms with Gasteiger partial charge in [-0.15, -0.1) is 20.5 Å². The van der Waals surface area contributed by atoms with Crippen LogP contribution in [0.2, 0.25) is 0 Å². The van der Waals surface area contributed by atoms with Gasteiger partial charge >= 0.3 is 0 Å². The Labute approximate surface area is 596 Å². The third-order valence-electron chi connectivity index (χ3n) is 15.6. The minimum absolute atomic E-state index is 0.0191. The van der Waals surface area contributed by atoms with Gasteiger partial charge in [0.25, 0.3) is 32.1 Å². The lowest BCUT2D eigenvalue weighted by molar-refractivity contribution is -0.120. The first-order valence-electron chi connectivity index (χ1n) is 32.0. The highest BCUT2D eigenvalue weighted by Crippen LogP contribution is 2.45. The minimum Gasteiger partial charge on any atom is -0.494 e. The van der Waals surface area contributed by atoms with Crippen LogP contribution in [0.1, 0.15) is 71.1 Å². The number of ether oxygens (including phenoxy) is 4. The van der Waals surface area contributed by atoms with Gasteiger partial charge in [0, 0.05) is 81.6 Å². The van der Waals surface area contributed by atoms with E-state index in [9.17, 15) is 45.1 Å². The molecule has 0 unspecified atom stereocenters. The van der Waals surface area contributed by atoms with Crippen molar-refractivity contribution in [3.63, 3.8) is 0 Å². The number of rotatable bonds is 32. The van der Waals surface area contributed by atoms with E-state index in [1.807, 2.05) is 49.6 Å². The number of unbranched alkanes of at least 4 members (excludes halogenated alkanes) is 1. The summed E-state index contributed by atoms with van der Waals surface area (Å²) in [6, 6.07) is 17.1. The van der Waals surface area contributed by atoms with Gasteiger partial charge in [-0.25, -0.2) is 0 Å². The number of aromatic nitrogens is 5. The Morgan fingerprint density at radius 2 is 1.00 bits per heavy atom. The fourth-order valence-electron chi connectivity index (χ4n) is 10.4. The zero-order valence-electron chi connectivity index (χ0n) is 56.8. The predicted molar refractivity (Wildman–Crippen MR) is 391 cm³/mol. The molecule has 36 heteroatoms. The van der Waals surface area contributed by atoms with Crippen LogP contribution in [-0.2, 0) is 48.9 Å². The lowest BCUT2D eigenvalue weighted by atomic mass is 10.1. The summed E-state index contributed by atoms with van der Waals surface area (Å²) in [7, 11) is -6.12. The molecule has 0 radical (unpaired) electrons. The molecular formula is C65H77N17O14S5. The average Bonchev–Trinajstić information content (AvgIpc) is 1.62. The van der Waals surface area contributed by atoms with Crippen molar-refractivity contribution in [1.82, 2.24) is 24.9 Å². The van der Waals surface area contributed by atoms with Gasteiger partial charge < -0.3 is 59.8 Å². The number of thioether (sulfide) groups is 1. The van der Waals surface area contributed by atoms with Crippen LogP contribution in [0, 0.1) is 0 Å². The maximum Gasteiger partial charge on any atom is 0.294 e. The number of amides is 2. The van der Waals surface area contributed by atoms with Crippen LogP contribution in [0.4, 0.5) is 79.3 Å². The summed E-state index contributed by atoms with van der Waals surface area (Å²) in [6.45, 7) is 18.2. The molecule has 3 aromatic heterocycles. The average molecular weight is 1480 g/mol. The number of benzene rings is 4. The van der Waals surface area contributed by atoms with Crippen molar-refractivity contribution in [3.05, 3.63) is 93.7 Å². The van der Waals surface area contributed by atoms with E-state index in [0.717, 1.165) is 59.8 Å². The fourth-order valence-corrected chi connectivity index (χ4v) is 14.1. The highest BCUT2D eigenvalue weighted by atomic mass is 32.2. The van der Waals surface area contributed by atoms with Crippen LogP contribution in [0.3, 0.4) is 0 Å². The van der Waals surface area contributed by atoms with Crippen LogP contribution >= 0.6 is 34.4 Å². The van der Waals surface area contributed by atoms with E-state index in [1.54, 1.807) is 26.4 Å². The molecule has 2 aliphatic heterocycles. The van der Waals surface area contributed by atoms with Crippen molar-refractivity contribution >= 4 is 169 Å². The smallest absolute Gasteiger partial charge is 0.294 e. The van der Waals surface area contributed by atoms with E-state index in [1.165, 1.54) is 62.0 Å². The Kier molecular flexibility index (Phi) is 26.1. The van der Waals surface area contributed by atoms with Crippen molar-refractivity contribution < 1.29 is 64.1 Å². The number of anilines is 10. The molecule has 0 spiro atoms. The second-order valence-electron chi connectivity index (χ2n) is 22.3. The largest absolute Gasteiger partial charge is 0.494 e. The number of Topliss-reactive ketones (excluding diaryl/α,β-unsaturated/α-hetero) is 2. The molecule has 31 nitrogen and oxygen atoms in total.